The molecule has 28 nitrogen and oxygen atoms in total. The number of ether oxygens (including phenoxy) is 16. The van der Waals surface area contributed by atoms with Crippen LogP contribution in [0.5, 0.6) is 0 Å². The normalized spacial score (nSPS) is 30.1. The van der Waals surface area contributed by atoms with Crippen LogP contribution in [0.3, 0.4) is 0 Å². The Labute approximate surface area is 506 Å². The first-order valence-corrected chi connectivity index (χ1v) is 28.3. The maximum absolute atomic E-state index is 14.0. The molecule has 5 aliphatic rings. The van der Waals surface area contributed by atoms with Crippen molar-refractivity contribution < 1.29 is 124 Å². The lowest BCUT2D eigenvalue weighted by molar-refractivity contribution is -0.342. The number of benzene rings is 1. The molecule has 0 bridgehead atoms. The summed E-state index contributed by atoms with van der Waals surface area (Å²) in [6.07, 6.45) is -12.1. The molecular weight excluding hydrogens is 1160 g/mol. The van der Waals surface area contributed by atoms with Gasteiger partial charge in [0.05, 0.1) is 43.9 Å². The van der Waals surface area contributed by atoms with Gasteiger partial charge in [-0.1, -0.05) is 30.4 Å². The van der Waals surface area contributed by atoms with E-state index in [-0.39, 0.29) is 30.5 Å². The van der Waals surface area contributed by atoms with E-state index >= 15 is 0 Å². The number of hydrogen-bond acceptors (Lipinski definition) is 27. The second kappa shape index (κ2) is 30.2. The molecular formula is C60H74N2O26. The van der Waals surface area contributed by atoms with Crippen LogP contribution in [0.25, 0.3) is 10.9 Å². The van der Waals surface area contributed by atoms with Gasteiger partial charge in [-0.3, -0.25) is 43.3 Å². The van der Waals surface area contributed by atoms with Crippen molar-refractivity contribution in [2.75, 3.05) is 40.5 Å². The molecule has 88 heavy (non-hydrogen) atoms. The number of H-pyrrole nitrogens is 1. The number of esters is 10. The molecule has 0 aliphatic carbocycles. The lowest BCUT2D eigenvalue weighted by Gasteiger charge is -2.46. The van der Waals surface area contributed by atoms with Gasteiger partial charge < -0.3 is 80.8 Å². The van der Waals surface area contributed by atoms with Crippen LogP contribution in [0.2, 0.25) is 0 Å². The highest BCUT2D eigenvalue weighted by molar-refractivity contribution is 5.90. The summed E-state index contributed by atoms with van der Waals surface area (Å²) < 4.78 is 92.7. The standard InChI is InChI=1S/C60H74N2O26/c1-13-36-38(42(55(71)73-11)24-77-57(36)87-59-53(83-34(9)69)51(81-32(7)67)49(79-30(5)65)46(85-59)26-75-28(3)63)19-21-62-22-20-40-39-17-15-16-18-44(39)61-48(40)45(62)23-41-37(14-2)58(78-25-43(41)56(72)74-12)88-60-54(84-35(10)70)52(82-33(8)68)50(80-31(6)66)47(86-60)27-76-29(4)64/h13-18,24-25,36-38,41,45-47,49-54,57-61H,1-2,19-23,26-27H2,3-12H3/t36-,37-,38+,41+,45-,46-,47-,49-,50-,51+,52+,53-,54-,57+,58+,59+,60+/m1/s1. The molecule has 2 saturated heterocycles. The fourth-order valence-electron chi connectivity index (χ4n) is 11.8. The zero-order chi connectivity index (χ0) is 64.3. The number of methoxy groups -OCH3 is 2. The van der Waals surface area contributed by atoms with Gasteiger partial charge in [-0.25, -0.2) is 9.59 Å². The van der Waals surface area contributed by atoms with Crippen LogP contribution in [0, 0.1) is 23.7 Å². The quantitative estimate of drug-likeness (QED) is 0.0941. The van der Waals surface area contributed by atoms with Crippen molar-refractivity contribution >= 4 is 70.6 Å². The van der Waals surface area contributed by atoms with Crippen LogP contribution in [-0.2, 0) is 130 Å². The number of hydrogen-bond donors (Lipinski definition) is 1. The van der Waals surface area contributed by atoms with E-state index < -0.39 is 177 Å². The molecule has 0 amide bonds. The molecule has 480 valence electrons. The zero-order valence-corrected chi connectivity index (χ0v) is 50.4. The van der Waals surface area contributed by atoms with Crippen molar-refractivity contribution in [2.45, 2.75) is 155 Å². The second-order valence-corrected chi connectivity index (χ2v) is 21.3. The Morgan fingerprint density at radius 3 is 1.41 bits per heavy atom. The molecule has 5 aliphatic heterocycles. The van der Waals surface area contributed by atoms with Crippen molar-refractivity contribution in [3.05, 3.63) is 84.5 Å². The van der Waals surface area contributed by atoms with Crippen LogP contribution < -0.4 is 0 Å². The Hall–Kier alpha value is -8.18. The van der Waals surface area contributed by atoms with Crippen molar-refractivity contribution in [2.24, 2.45) is 23.7 Å². The summed E-state index contributed by atoms with van der Waals surface area (Å²) in [6.45, 7) is 16.6. The summed E-state index contributed by atoms with van der Waals surface area (Å²) in [5.41, 5.74) is 2.78. The molecule has 0 saturated carbocycles. The number of carbonyl (C=O) groups excluding carboxylic acids is 10. The SMILES string of the molecule is C=C[C@H]1[C@H](O[C@@H]2O[C@H](COC(C)=O)[C@@H](OC(C)=O)[C@H](OC(C)=O)[C@H]2OC(C)=O)OC=C(C(=O)OC)[C@H]1CCN1CCc2c([nH]c3ccccc23)[C@H]1C[C@@H]1C(C(=O)OC)=CO[C@@H](O[C@@H]2O[C@H](COC(C)=O)[C@@H](OC(C)=O)[C@H](OC(C)=O)[C@H]2OC(C)=O)[C@@H]1C=C. The summed E-state index contributed by atoms with van der Waals surface area (Å²) in [5, 5.41) is 0.956. The fraction of sp³-hybridized carbons (Fsp3) is 0.567. The van der Waals surface area contributed by atoms with Crippen LogP contribution in [0.15, 0.2) is 73.2 Å². The molecule has 17 atom stereocenters. The molecule has 2 fully saturated rings. The van der Waals surface area contributed by atoms with E-state index in [1.807, 2.05) is 24.3 Å². The maximum atomic E-state index is 14.0. The van der Waals surface area contributed by atoms with Crippen LogP contribution in [-0.4, -0.2) is 184 Å². The summed E-state index contributed by atoms with van der Waals surface area (Å²) in [7, 11) is 2.40. The van der Waals surface area contributed by atoms with Crippen LogP contribution in [0.4, 0.5) is 0 Å². The highest BCUT2D eigenvalue weighted by Crippen LogP contribution is 2.46. The van der Waals surface area contributed by atoms with E-state index in [4.69, 9.17) is 75.8 Å². The molecule has 2 aromatic rings. The van der Waals surface area contributed by atoms with Gasteiger partial charge in [-0.05, 0) is 37.4 Å². The van der Waals surface area contributed by atoms with Crippen molar-refractivity contribution in [3.63, 3.8) is 0 Å². The van der Waals surface area contributed by atoms with Gasteiger partial charge in [-0.15, -0.1) is 13.2 Å². The number of carbonyl (C=O) groups is 10. The van der Waals surface area contributed by atoms with Gasteiger partial charge in [0, 0.05) is 102 Å². The van der Waals surface area contributed by atoms with E-state index in [2.05, 4.69) is 23.0 Å². The molecule has 6 heterocycles. The first kappa shape index (κ1) is 67.3. The summed E-state index contributed by atoms with van der Waals surface area (Å²) in [6, 6.07) is 7.14. The number of aromatic nitrogens is 1. The predicted octanol–water partition coefficient (Wildman–Crippen LogP) is 3.71. The van der Waals surface area contributed by atoms with E-state index in [0.717, 1.165) is 77.6 Å². The Morgan fingerprint density at radius 2 is 0.977 bits per heavy atom. The van der Waals surface area contributed by atoms with Gasteiger partial charge in [0.1, 0.15) is 25.4 Å². The van der Waals surface area contributed by atoms with Crippen LogP contribution in [0.1, 0.15) is 85.5 Å². The number of nitrogens with zero attached hydrogens (tertiary/aromatic N) is 1. The lowest BCUT2D eigenvalue weighted by Crippen LogP contribution is -2.63. The number of fused-ring (bicyclic) bond motifs is 3. The largest absolute Gasteiger partial charge is 0.471 e. The zero-order valence-electron chi connectivity index (χ0n) is 50.4. The average Bonchev–Trinajstić information content (AvgIpc) is 1.54. The van der Waals surface area contributed by atoms with Gasteiger partial charge in [-0.2, -0.15) is 0 Å². The molecule has 0 radical (unpaired) electrons. The van der Waals surface area contributed by atoms with Gasteiger partial charge in [0.2, 0.25) is 25.2 Å². The average molecular weight is 1240 g/mol. The maximum Gasteiger partial charge on any atom is 0.337 e. The van der Waals surface area contributed by atoms with E-state index in [0.29, 0.717) is 13.0 Å². The topological polar surface area (TPSA) is 337 Å². The minimum atomic E-state index is -1.69. The Bertz CT molecular complexity index is 3020. The smallest absolute Gasteiger partial charge is 0.337 e. The van der Waals surface area contributed by atoms with Crippen molar-refractivity contribution in [1.29, 1.82) is 0 Å². The van der Waals surface area contributed by atoms with Crippen molar-refractivity contribution in [1.82, 2.24) is 9.88 Å². The first-order valence-electron chi connectivity index (χ1n) is 28.3. The Kier molecular flexibility index (Phi) is 23.1. The molecule has 28 heteroatoms. The Morgan fingerprint density at radius 1 is 0.557 bits per heavy atom. The molecule has 1 N–H and O–H groups in total. The third-order valence-corrected chi connectivity index (χ3v) is 15.3. The highest BCUT2D eigenvalue weighted by Gasteiger charge is 2.57. The van der Waals surface area contributed by atoms with Crippen molar-refractivity contribution in [3.8, 4) is 0 Å². The van der Waals surface area contributed by atoms with Gasteiger partial charge in [0.25, 0.3) is 0 Å². The summed E-state index contributed by atoms with van der Waals surface area (Å²) in [4.78, 5) is 134. The van der Waals surface area contributed by atoms with Crippen LogP contribution >= 0.6 is 0 Å². The van der Waals surface area contributed by atoms with E-state index in [1.165, 1.54) is 38.9 Å². The Balaban J connectivity index is 1.25. The third kappa shape index (κ3) is 16.1. The summed E-state index contributed by atoms with van der Waals surface area (Å²) >= 11 is 0. The molecule has 7 rings (SSSR count). The molecule has 1 aromatic carbocycles. The van der Waals surface area contributed by atoms with Gasteiger partial charge in [0.15, 0.2) is 36.6 Å². The van der Waals surface area contributed by atoms with Gasteiger partial charge >= 0.3 is 59.7 Å². The monoisotopic (exact) mass is 1240 g/mol. The highest BCUT2D eigenvalue weighted by atomic mass is 16.8. The number of para-hydroxylation sites is 1. The minimum absolute atomic E-state index is 0.0752. The minimum Gasteiger partial charge on any atom is -0.471 e. The number of aromatic amines is 1. The van der Waals surface area contributed by atoms with E-state index in [9.17, 15) is 47.9 Å². The number of nitrogens with one attached hydrogen (secondary N) is 1. The predicted molar refractivity (Wildman–Crippen MR) is 296 cm³/mol. The molecule has 0 spiro atoms. The molecule has 0 unspecified atom stereocenters. The summed E-state index contributed by atoms with van der Waals surface area (Å²) in [5.74, 6) is -11.7. The third-order valence-electron chi connectivity index (χ3n) is 15.3. The first-order chi connectivity index (χ1) is 41.9. The lowest BCUT2D eigenvalue weighted by atomic mass is 9.77. The molecule has 1 aromatic heterocycles. The number of rotatable bonds is 23. The fourth-order valence-corrected chi connectivity index (χ4v) is 11.8. The second-order valence-electron chi connectivity index (χ2n) is 21.3. The van der Waals surface area contributed by atoms with E-state index in [1.54, 1.807) is 0 Å².